The van der Waals surface area contributed by atoms with E-state index < -0.39 is 0 Å². The fraction of sp³-hybridized carbons (Fsp3) is 0.636. The van der Waals surface area contributed by atoms with Gasteiger partial charge in [0.15, 0.2) is 0 Å². The lowest BCUT2D eigenvalue weighted by atomic mass is 10.0. The molecule has 0 spiro atoms. The Morgan fingerprint density at radius 2 is 2.00 bits per heavy atom. The van der Waals surface area contributed by atoms with Gasteiger partial charge in [-0.25, -0.2) is 9.97 Å². The number of nitrogens with one attached hydrogen (secondary N) is 1. The largest absolute Gasteiger partial charge is 0.367 e. The molecule has 0 fully saturated rings. The molecule has 0 amide bonds. The van der Waals surface area contributed by atoms with Crippen molar-refractivity contribution in [3.8, 4) is 0 Å². The number of nitrogens with zero attached hydrogens (tertiary/aromatic N) is 2. The molecule has 1 aromatic heterocycles. The van der Waals surface area contributed by atoms with E-state index in [0.717, 1.165) is 22.6 Å². The summed E-state index contributed by atoms with van der Waals surface area (Å²) in [5.74, 6) is 1.48. The van der Waals surface area contributed by atoms with Crippen LogP contribution in [0.4, 0.5) is 5.82 Å². The van der Waals surface area contributed by atoms with E-state index >= 15 is 0 Å². The monoisotopic (exact) mass is 305 g/mol. The molecule has 0 aromatic carbocycles. The van der Waals surface area contributed by atoms with Gasteiger partial charge in [-0.15, -0.1) is 0 Å². The zero-order chi connectivity index (χ0) is 12.1. The summed E-state index contributed by atoms with van der Waals surface area (Å²) in [4.78, 5) is 8.04. The molecule has 0 radical (unpaired) electrons. The maximum Gasteiger partial charge on any atom is 0.148 e. The minimum atomic E-state index is 0.379. The third-order valence-electron chi connectivity index (χ3n) is 2.31. The second-order valence-corrected chi connectivity index (χ2v) is 5.49. The van der Waals surface area contributed by atoms with Gasteiger partial charge >= 0.3 is 0 Å². The third-order valence-corrected chi connectivity index (χ3v) is 3.57. The molecule has 16 heavy (non-hydrogen) atoms. The van der Waals surface area contributed by atoms with E-state index in [-0.39, 0.29) is 0 Å². The Bertz CT molecular complexity index is 344. The SMILES string of the molecule is CC(C)CCC(C)Nc1ncnc(Cl)c1Br. The molecule has 1 unspecified atom stereocenters. The van der Waals surface area contributed by atoms with Gasteiger partial charge in [-0.05, 0) is 41.6 Å². The molecule has 3 nitrogen and oxygen atoms in total. The van der Waals surface area contributed by atoms with E-state index in [4.69, 9.17) is 11.6 Å². The first-order chi connectivity index (χ1) is 7.50. The lowest BCUT2D eigenvalue weighted by Crippen LogP contribution is -2.17. The summed E-state index contributed by atoms with van der Waals surface area (Å²) in [6.07, 6.45) is 3.78. The van der Waals surface area contributed by atoms with Crippen LogP contribution in [-0.2, 0) is 0 Å². The second kappa shape index (κ2) is 6.40. The van der Waals surface area contributed by atoms with E-state index in [2.05, 4.69) is 52.0 Å². The van der Waals surface area contributed by atoms with E-state index in [1.807, 2.05) is 0 Å². The number of anilines is 1. The number of halogens is 2. The standard InChI is InChI=1S/C11H17BrClN3/c1-7(2)4-5-8(3)16-11-9(12)10(13)14-6-15-11/h6-8H,4-5H2,1-3H3,(H,14,15,16). The van der Waals surface area contributed by atoms with E-state index in [9.17, 15) is 0 Å². The molecule has 0 bridgehead atoms. The van der Waals surface area contributed by atoms with Crippen molar-refractivity contribution < 1.29 is 0 Å². The molecule has 0 aliphatic heterocycles. The minimum absolute atomic E-state index is 0.379. The first kappa shape index (κ1) is 13.7. The Morgan fingerprint density at radius 1 is 1.31 bits per heavy atom. The number of rotatable bonds is 5. The van der Waals surface area contributed by atoms with Crippen LogP contribution in [-0.4, -0.2) is 16.0 Å². The number of aromatic nitrogens is 2. The summed E-state index contributed by atoms with van der Waals surface area (Å²) in [5.41, 5.74) is 0. The van der Waals surface area contributed by atoms with Gasteiger partial charge in [-0.3, -0.25) is 0 Å². The average Bonchev–Trinajstić information content (AvgIpc) is 2.22. The van der Waals surface area contributed by atoms with Crippen LogP contribution in [0.3, 0.4) is 0 Å². The molecule has 1 N–H and O–H groups in total. The normalized spacial score (nSPS) is 12.9. The highest BCUT2D eigenvalue weighted by Crippen LogP contribution is 2.26. The first-order valence-corrected chi connectivity index (χ1v) is 6.60. The smallest absolute Gasteiger partial charge is 0.148 e. The van der Waals surface area contributed by atoms with Crippen molar-refractivity contribution in [2.45, 2.75) is 39.7 Å². The quantitative estimate of drug-likeness (QED) is 0.831. The predicted octanol–water partition coefficient (Wildman–Crippen LogP) is 4.13. The van der Waals surface area contributed by atoms with Crippen molar-refractivity contribution >= 4 is 33.3 Å². The molecule has 1 atom stereocenters. The molecule has 90 valence electrons. The zero-order valence-electron chi connectivity index (χ0n) is 9.80. The van der Waals surface area contributed by atoms with Gasteiger partial charge in [0.2, 0.25) is 0 Å². The first-order valence-electron chi connectivity index (χ1n) is 5.43. The molecule has 0 saturated heterocycles. The fourth-order valence-corrected chi connectivity index (χ4v) is 1.79. The molecule has 5 heteroatoms. The van der Waals surface area contributed by atoms with Crippen LogP contribution in [0.1, 0.15) is 33.6 Å². The lowest BCUT2D eigenvalue weighted by molar-refractivity contribution is 0.527. The summed E-state index contributed by atoms with van der Waals surface area (Å²) < 4.78 is 0.730. The van der Waals surface area contributed by atoms with E-state index in [1.54, 1.807) is 0 Å². The van der Waals surface area contributed by atoms with Crippen LogP contribution in [0.2, 0.25) is 5.15 Å². The van der Waals surface area contributed by atoms with Crippen molar-refractivity contribution in [2.75, 3.05) is 5.32 Å². The highest BCUT2D eigenvalue weighted by Gasteiger charge is 2.09. The van der Waals surface area contributed by atoms with E-state index in [0.29, 0.717) is 11.2 Å². The summed E-state index contributed by atoms with van der Waals surface area (Å²) in [7, 11) is 0. The summed E-state index contributed by atoms with van der Waals surface area (Å²) in [6, 6.07) is 0.379. The molecule has 1 rings (SSSR count). The van der Waals surface area contributed by atoms with Gasteiger partial charge in [0.1, 0.15) is 17.3 Å². The molecular weight excluding hydrogens is 289 g/mol. The van der Waals surface area contributed by atoms with Crippen molar-refractivity contribution in [1.29, 1.82) is 0 Å². The highest BCUT2D eigenvalue weighted by atomic mass is 79.9. The van der Waals surface area contributed by atoms with Gasteiger partial charge < -0.3 is 5.32 Å². The summed E-state index contributed by atoms with van der Waals surface area (Å²) in [5, 5.41) is 3.76. The maximum atomic E-state index is 5.89. The Morgan fingerprint density at radius 3 is 2.62 bits per heavy atom. The van der Waals surface area contributed by atoms with Gasteiger partial charge in [0.05, 0.1) is 4.47 Å². The molecule has 1 heterocycles. The van der Waals surface area contributed by atoms with Crippen molar-refractivity contribution in [1.82, 2.24) is 9.97 Å². The predicted molar refractivity (Wildman–Crippen MR) is 71.9 cm³/mol. The number of hydrogen-bond donors (Lipinski definition) is 1. The highest BCUT2D eigenvalue weighted by molar-refractivity contribution is 9.10. The Balaban J connectivity index is 2.56. The second-order valence-electron chi connectivity index (χ2n) is 4.34. The van der Waals surface area contributed by atoms with Crippen LogP contribution >= 0.6 is 27.5 Å². The summed E-state index contributed by atoms with van der Waals surface area (Å²) in [6.45, 7) is 6.60. The minimum Gasteiger partial charge on any atom is -0.367 e. The fourth-order valence-electron chi connectivity index (χ4n) is 1.34. The maximum absolute atomic E-state index is 5.89. The average molecular weight is 307 g/mol. The van der Waals surface area contributed by atoms with Gasteiger partial charge in [-0.1, -0.05) is 25.4 Å². The van der Waals surface area contributed by atoms with Gasteiger partial charge in [0.25, 0.3) is 0 Å². The molecule has 0 aliphatic carbocycles. The Kier molecular flexibility index (Phi) is 5.49. The molecule has 0 aliphatic rings. The van der Waals surface area contributed by atoms with Crippen LogP contribution in [0.5, 0.6) is 0 Å². The van der Waals surface area contributed by atoms with Crippen molar-refractivity contribution in [2.24, 2.45) is 5.92 Å². The molecule has 0 saturated carbocycles. The van der Waals surface area contributed by atoms with E-state index in [1.165, 1.54) is 12.7 Å². The topological polar surface area (TPSA) is 37.8 Å². The molecular formula is C11H17BrClN3. The third kappa shape index (κ3) is 4.26. The van der Waals surface area contributed by atoms with Crippen LogP contribution in [0.15, 0.2) is 10.8 Å². The van der Waals surface area contributed by atoms with Crippen LogP contribution < -0.4 is 5.32 Å². The van der Waals surface area contributed by atoms with Gasteiger partial charge in [-0.2, -0.15) is 0 Å². The van der Waals surface area contributed by atoms with Crippen LogP contribution in [0.25, 0.3) is 0 Å². The zero-order valence-corrected chi connectivity index (χ0v) is 12.1. The van der Waals surface area contributed by atoms with Crippen molar-refractivity contribution in [3.05, 3.63) is 16.0 Å². The van der Waals surface area contributed by atoms with Crippen molar-refractivity contribution in [3.63, 3.8) is 0 Å². The van der Waals surface area contributed by atoms with Gasteiger partial charge in [0, 0.05) is 6.04 Å². The Hall–Kier alpha value is -0.350. The summed E-state index contributed by atoms with van der Waals surface area (Å²) >= 11 is 9.26. The molecule has 1 aromatic rings. The van der Waals surface area contributed by atoms with Crippen LogP contribution in [0, 0.1) is 5.92 Å². The Labute approximate surface area is 110 Å². The lowest BCUT2D eigenvalue weighted by Gasteiger charge is -2.16. The number of hydrogen-bond acceptors (Lipinski definition) is 3.